The summed E-state index contributed by atoms with van der Waals surface area (Å²) in [5.74, 6) is 0.345. The fraction of sp³-hybridized carbons (Fsp3) is 0.381. The fourth-order valence-electron chi connectivity index (χ4n) is 3.07. The topological polar surface area (TPSA) is 75.7 Å². The lowest BCUT2D eigenvalue weighted by atomic mass is 10.1. The molecule has 158 valence electrons. The number of hydrogen-bond donors (Lipinski definition) is 1. The van der Waals surface area contributed by atoms with Crippen molar-refractivity contribution < 1.29 is 17.9 Å². The summed E-state index contributed by atoms with van der Waals surface area (Å²) >= 11 is 6.09. The van der Waals surface area contributed by atoms with Crippen molar-refractivity contribution in [1.82, 2.24) is 5.32 Å². The lowest BCUT2D eigenvalue weighted by Gasteiger charge is -2.31. The van der Waals surface area contributed by atoms with Crippen molar-refractivity contribution in [1.29, 1.82) is 0 Å². The second-order valence-electron chi connectivity index (χ2n) is 6.71. The number of amides is 1. The molecule has 0 saturated heterocycles. The Hall–Kier alpha value is -2.25. The van der Waals surface area contributed by atoms with Gasteiger partial charge in [-0.2, -0.15) is 0 Å². The van der Waals surface area contributed by atoms with Crippen LogP contribution in [0.5, 0.6) is 5.75 Å². The van der Waals surface area contributed by atoms with Crippen LogP contribution in [-0.4, -0.2) is 33.2 Å². The van der Waals surface area contributed by atoms with Crippen molar-refractivity contribution in [2.24, 2.45) is 0 Å². The van der Waals surface area contributed by atoms with Crippen molar-refractivity contribution in [2.45, 2.75) is 39.8 Å². The molecule has 0 fully saturated rings. The monoisotopic (exact) mass is 438 g/mol. The third-order valence-corrected chi connectivity index (χ3v) is 5.82. The van der Waals surface area contributed by atoms with Crippen LogP contribution in [-0.2, 0) is 21.4 Å². The van der Waals surface area contributed by atoms with Crippen LogP contribution in [0.2, 0.25) is 5.02 Å². The standard InChI is InChI=1S/C21H27ClN2O4S/c1-5-19(21(25)23-14-16-8-7-9-18(12-16)28-6-2)24(29(4,26)27)20-13-17(22)11-10-15(20)3/h7-13,19H,5-6,14H2,1-4H3,(H,23,25)/t19-/m0/s1. The summed E-state index contributed by atoms with van der Waals surface area (Å²) in [6.45, 7) is 6.28. The van der Waals surface area contributed by atoms with E-state index in [1.807, 2.05) is 31.2 Å². The van der Waals surface area contributed by atoms with Crippen LogP contribution in [0.25, 0.3) is 0 Å². The molecule has 0 bridgehead atoms. The van der Waals surface area contributed by atoms with Crippen molar-refractivity contribution in [3.05, 3.63) is 58.6 Å². The van der Waals surface area contributed by atoms with E-state index >= 15 is 0 Å². The van der Waals surface area contributed by atoms with E-state index in [0.29, 0.717) is 23.7 Å². The summed E-state index contributed by atoms with van der Waals surface area (Å²) in [5.41, 5.74) is 1.99. The Labute approximate surface area is 177 Å². The van der Waals surface area contributed by atoms with Gasteiger partial charge in [0.1, 0.15) is 11.8 Å². The zero-order valence-corrected chi connectivity index (χ0v) is 18.7. The molecule has 0 aliphatic rings. The van der Waals surface area contributed by atoms with E-state index in [4.69, 9.17) is 16.3 Å². The van der Waals surface area contributed by atoms with Crippen molar-refractivity contribution >= 4 is 33.2 Å². The zero-order valence-electron chi connectivity index (χ0n) is 17.1. The first-order valence-electron chi connectivity index (χ1n) is 9.42. The van der Waals surface area contributed by atoms with Crippen molar-refractivity contribution in [3.8, 4) is 5.75 Å². The number of nitrogens with one attached hydrogen (secondary N) is 1. The van der Waals surface area contributed by atoms with E-state index in [9.17, 15) is 13.2 Å². The number of hydrogen-bond acceptors (Lipinski definition) is 4. The van der Waals surface area contributed by atoms with Gasteiger partial charge in [-0.05, 0) is 55.7 Å². The molecule has 8 heteroatoms. The molecule has 0 radical (unpaired) electrons. The zero-order chi connectivity index (χ0) is 21.6. The minimum absolute atomic E-state index is 0.266. The third-order valence-electron chi connectivity index (χ3n) is 4.41. The molecular formula is C21H27ClN2O4S. The molecule has 0 aliphatic carbocycles. The molecule has 1 amide bonds. The summed E-state index contributed by atoms with van der Waals surface area (Å²) in [7, 11) is -3.72. The normalized spacial score (nSPS) is 12.3. The second kappa shape index (κ2) is 9.98. The van der Waals surface area contributed by atoms with Gasteiger partial charge in [0.05, 0.1) is 18.6 Å². The van der Waals surface area contributed by atoms with Gasteiger partial charge in [0.2, 0.25) is 15.9 Å². The van der Waals surface area contributed by atoms with Gasteiger partial charge in [-0.3, -0.25) is 9.10 Å². The molecule has 0 saturated carbocycles. The van der Waals surface area contributed by atoms with E-state index in [2.05, 4.69) is 5.32 Å². The van der Waals surface area contributed by atoms with E-state index in [1.54, 1.807) is 32.0 Å². The number of carbonyl (C=O) groups is 1. The number of anilines is 1. The molecule has 0 aliphatic heterocycles. The lowest BCUT2D eigenvalue weighted by Crippen LogP contribution is -2.49. The summed E-state index contributed by atoms with van der Waals surface area (Å²) in [6, 6.07) is 11.5. The number of halogens is 1. The molecule has 2 aromatic rings. The van der Waals surface area contributed by atoms with Crippen LogP contribution in [0.15, 0.2) is 42.5 Å². The van der Waals surface area contributed by atoms with Gasteiger partial charge in [0.15, 0.2) is 0 Å². The van der Waals surface area contributed by atoms with Gasteiger partial charge < -0.3 is 10.1 Å². The average molecular weight is 439 g/mol. The minimum atomic E-state index is -3.72. The summed E-state index contributed by atoms with van der Waals surface area (Å²) in [4.78, 5) is 12.9. The first-order valence-corrected chi connectivity index (χ1v) is 11.6. The Morgan fingerprint density at radius 2 is 1.93 bits per heavy atom. The maximum atomic E-state index is 12.9. The third kappa shape index (κ3) is 6.11. The lowest BCUT2D eigenvalue weighted by molar-refractivity contribution is -0.122. The summed E-state index contributed by atoms with van der Waals surface area (Å²) in [6.07, 6.45) is 1.40. The largest absolute Gasteiger partial charge is 0.494 e. The van der Waals surface area contributed by atoms with Crippen LogP contribution in [0.4, 0.5) is 5.69 Å². The number of carbonyl (C=O) groups excluding carboxylic acids is 1. The van der Waals surface area contributed by atoms with Crippen LogP contribution >= 0.6 is 11.6 Å². The maximum absolute atomic E-state index is 12.9. The molecule has 0 aromatic heterocycles. The summed E-state index contributed by atoms with van der Waals surface area (Å²) < 4.78 is 31.8. The molecule has 6 nitrogen and oxygen atoms in total. The van der Waals surface area contributed by atoms with Gasteiger partial charge in [0.25, 0.3) is 0 Å². The molecule has 2 rings (SSSR count). The van der Waals surface area contributed by atoms with Crippen LogP contribution in [0.1, 0.15) is 31.4 Å². The second-order valence-corrected chi connectivity index (χ2v) is 9.01. The average Bonchev–Trinajstić information content (AvgIpc) is 2.66. The molecule has 0 spiro atoms. The van der Waals surface area contributed by atoms with Crippen LogP contribution < -0.4 is 14.4 Å². The van der Waals surface area contributed by atoms with Crippen LogP contribution in [0.3, 0.4) is 0 Å². The number of rotatable bonds is 9. The van der Waals surface area contributed by atoms with Gasteiger partial charge in [-0.1, -0.05) is 36.7 Å². The number of sulfonamides is 1. The highest BCUT2D eigenvalue weighted by Crippen LogP contribution is 2.29. The predicted octanol–water partition coefficient (Wildman–Crippen LogP) is 3.91. The molecule has 1 atom stereocenters. The van der Waals surface area contributed by atoms with Gasteiger partial charge in [-0.15, -0.1) is 0 Å². The van der Waals surface area contributed by atoms with Gasteiger partial charge >= 0.3 is 0 Å². The first-order chi connectivity index (χ1) is 13.7. The number of aryl methyl sites for hydroxylation is 1. The molecule has 1 N–H and O–H groups in total. The highest BCUT2D eigenvalue weighted by molar-refractivity contribution is 7.92. The Kier molecular flexibility index (Phi) is 7.93. The Morgan fingerprint density at radius 3 is 2.55 bits per heavy atom. The smallest absolute Gasteiger partial charge is 0.244 e. The van der Waals surface area contributed by atoms with E-state index in [1.165, 1.54) is 0 Å². The molecule has 0 heterocycles. The van der Waals surface area contributed by atoms with E-state index in [0.717, 1.165) is 27.4 Å². The summed E-state index contributed by atoms with van der Waals surface area (Å²) in [5, 5.41) is 3.25. The Balaban J connectivity index is 2.27. The van der Waals surface area contributed by atoms with Gasteiger partial charge in [0, 0.05) is 11.6 Å². The molecule has 29 heavy (non-hydrogen) atoms. The van der Waals surface area contributed by atoms with E-state index in [-0.39, 0.29) is 12.5 Å². The number of nitrogens with zero attached hydrogens (tertiary/aromatic N) is 1. The number of ether oxygens (including phenoxy) is 1. The highest BCUT2D eigenvalue weighted by Gasteiger charge is 2.32. The fourth-order valence-corrected chi connectivity index (χ4v) is 4.50. The van der Waals surface area contributed by atoms with E-state index < -0.39 is 16.1 Å². The predicted molar refractivity (Wildman–Crippen MR) is 117 cm³/mol. The van der Waals surface area contributed by atoms with Crippen molar-refractivity contribution in [3.63, 3.8) is 0 Å². The number of benzene rings is 2. The SMILES string of the molecule is CCOc1cccc(CNC(=O)[C@H](CC)N(c2cc(Cl)ccc2C)S(C)(=O)=O)c1. The molecular weight excluding hydrogens is 412 g/mol. The van der Waals surface area contributed by atoms with Gasteiger partial charge in [-0.25, -0.2) is 8.42 Å². The van der Waals surface area contributed by atoms with Crippen LogP contribution in [0, 0.1) is 6.92 Å². The quantitative estimate of drug-likeness (QED) is 0.644. The highest BCUT2D eigenvalue weighted by atomic mass is 35.5. The maximum Gasteiger partial charge on any atom is 0.244 e. The first kappa shape index (κ1) is 23.0. The Morgan fingerprint density at radius 1 is 1.21 bits per heavy atom. The molecule has 2 aromatic carbocycles. The minimum Gasteiger partial charge on any atom is -0.494 e. The van der Waals surface area contributed by atoms with Crippen molar-refractivity contribution in [2.75, 3.05) is 17.2 Å². The molecule has 0 unspecified atom stereocenters. The Bertz CT molecular complexity index is 963.